The van der Waals surface area contributed by atoms with E-state index in [0.717, 1.165) is 0 Å². The molecule has 1 saturated heterocycles. The molecule has 2 aliphatic heterocycles. The normalized spacial score (nSPS) is 39.5. The van der Waals surface area contributed by atoms with Crippen LogP contribution in [0.5, 0.6) is 0 Å². The van der Waals surface area contributed by atoms with Crippen LogP contribution < -0.4 is 5.73 Å². The molecule has 2 rings (SSSR count). The molecule has 0 saturated carbocycles. The monoisotopic (exact) mass is 176 g/mol. The summed E-state index contributed by atoms with van der Waals surface area (Å²) in [6, 6.07) is -0.130. The van der Waals surface area contributed by atoms with E-state index in [1.807, 2.05) is 0 Å². The molecular weight excluding hydrogens is 168 g/mol. The van der Waals surface area contributed by atoms with Gasteiger partial charge in [-0.2, -0.15) is 0 Å². The van der Waals surface area contributed by atoms with Gasteiger partial charge in [0.25, 0.3) is 6.02 Å². The summed E-state index contributed by atoms with van der Waals surface area (Å²) in [5.41, 5.74) is 5.25. The van der Waals surface area contributed by atoms with Crippen LogP contribution in [0.15, 0.2) is 4.99 Å². The predicted molar refractivity (Wildman–Crippen MR) is 38.9 cm³/mol. The van der Waals surface area contributed by atoms with Gasteiger partial charge < -0.3 is 10.5 Å². The van der Waals surface area contributed by atoms with Crippen molar-refractivity contribution in [3.8, 4) is 0 Å². The first-order valence-corrected chi connectivity index (χ1v) is 5.09. The lowest BCUT2D eigenvalue weighted by atomic mass is 10.2. The highest BCUT2D eigenvalue weighted by molar-refractivity contribution is 7.91. The Morgan fingerprint density at radius 1 is 1.55 bits per heavy atom. The van der Waals surface area contributed by atoms with Crippen LogP contribution in [-0.4, -0.2) is 38.1 Å². The number of hydrogen-bond acceptors (Lipinski definition) is 5. The molecule has 1 fully saturated rings. The van der Waals surface area contributed by atoms with Gasteiger partial charge in [0.15, 0.2) is 9.84 Å². The molecule has 5 nitrogen and oxygen atoms in total. The topological polar surface area (TPSA) is 81.8 Å². The Morgan fingerprint density at radius 2 is 2.27 bits per heavy atom. The third-order valence-electron chi connectivity index (χ3n) is 1.84. The molecule has 6 heteroatoms. The summed E-state index contributed by atoms with van der Waals surface area (Å²) < 4.78 is 26.9. The van der Waals surface area contributed by atoms with Crippen molar-refractivity contribution in [2.45, 2.75) is 12.1 Å². The molecule has 62 valence electrons. The summed E-state index contributed by atoms with van der Waals surface area (Å²) in [7, 11) is -2.92. The lowest BCUT2D eigenvalue weighted by Gasteiger charge is -2.03. The summed E-state index contributed by atoms with van der Waals surface area (Å²) in [6.07, 6.45) is -0.319. The minimum absolute atomic E-state index is 0.0574. The summed E-state index contributed by atoms with van der Waals surface area (Å²) >= 11 is 0. The van der Waals surface area contributed by atoms with Crippen LogP contribution in [0.25, 0.3) is 0 Å². The van der Waals surface area contributed by atoms with Gasteiger partial charge in [-0.1, -0.05) is 0 Å². The fourth-order valence-electron chi connectivity index (χ4n) is 1.38. The van der Waals surface area contributed by atoms with Crippen LogP contribution in [0.1, 0.15) is 0 Å². The lowest BCUT2D eigenvalue weighted by Crippen LogP contribution is -2.22. The summed E-state index contributed by atoms with van der Waals surface area (Å²) in [5, 5.41) is 0. The highest BCUT2D eigenvalue weighted by atomic mass is 32.2. The molecule has 2 heterocycles. The van der Waals surface area contributed by atoms with E-state index in [1.165, 1.54) is 0 Å². The SMILES string of the molecule is NC1=NC2CS(=O)(=O)CC2O1. The van der Waals surface area contributed by atoms with Crippen LogP contribution in [0.4, 0.5) is 0 Å². The zero-order valence-corrected chi connectivity index (χ0v) is 6.54. The van der Waals surface area contributed by atoms with Crippen molar-refractivity contribution in [2.75, 3.05) is 11.5 Å². The van der Waals surface area contributed by atoms with Crippen molar-refractivity contribution in [2.24, 2.45) is 10.7 Å². The first-order chi connectivity index (χ1) is 5.07. The van der Waals surface area contributed by atoms with Crippen molar-refractivity contribution < 1.29 is 13.2 Å². The number of fused-ring (bicyclic) bond motifs is 1. The van der Waals surface area contributed by atoms with Gasteiger partial charge in [-0.3, -0.25) is 0 Å². The maximum Gasteiger partial charge on any atom is 0.282 e. The molecule has 2 unspecified atom stereocenters. The van der Waals surface area contributed by atoms with Crippen molar-refractivity contribution >= 4 is 15.9 Å². The summed E-state index contributed by atoms with van der Waals surface area (Å²) in [4.78, 5) is 3.84. The molecule has 2 atom stereocenters. The van der Waals surface area contributed by atoms with E-state index in [2.05, 4.69) is 4.99 Å². The highest BCUT2D eigenvalue weighted by Crippen LogP contribution is 2.22. The third-order valence-corrected chi connectivity index (χ3v) is 3.52. The van der Waals surface area contributed by atoms with Crippen LogP contribution >= 0.6 is 0 Å². The van der Waals surface area contributed by atoms with Crippen molar-refractivity contribution in [3.63, 3.8) is 0 Å². The Kier molecular flexibility index (Phi) is 1.18. The molecule has 0 bridgehead atoms. The van der Waals surface area contributed by atoms with Gasteiger partial charge >= 0.3 is 0 Å². The zero-order chi connectivity index (χ0) is 8.06. The van der Waals surface area contributed by atoms with Gasteiger partial charge in [-0.25, -0.2) is 13.4 Å². The molecule has 0 aromatic rings. The Bertz CT molecular complexity index is 308. The van der Waals surface area contributed by atoms with E-state index in [4.69, 9.17) is 10.5 Å². The summed E-state index contributed by atoms with van der Waals surface area (Å²) in [5.74, 6) is 0.139. The Balaban J connectivity index is 2.26. The third kappa shape index (κ3) is 1.07. The van der Waals surface area contributed by atoms with E-state index in [0.29, 0.717) is 0 Å². The molecule has 2 aliphatic rings. The standard InChI is InChI=1S/C5H8N2O3S/c6-5-7-3-1-11(8,9)2-4(3)10-5/h3-4H,1-2H2,(H2,6,7). The van der Waals surface area contributed by atoms with Gasteiger partial charge in [-0.15, -0.1) is 0 Å². The van der Waals surface area contributed by atoms with Gasteiger partial charge in [-0.05, 0) is 0 Å². The highest BCUT2D eigenvalue weighted by Gasteiger charge is 2.43. The molecule has 11 heavy (non-hydrogen) atoms. The summed E-state index contributed by atoms with van der Waals surface area (Å²) in [6.45, 7) is 0. The van der Waals surface area contributed by atoms with E-state index < -0.39 is 9.84 Å². The number of ether oxygens (including phenoxy) is 1. The Labute approximate surface area is 64.2 Å². The quantitative estimate of drug-likeness (QED) is 0.487. The van der Waals surface area contributed by atoms with Gasteiger partial charge in [0.1, 0.15) is 12.1 Å². The average Bonchev–Trinajstić information content (AvgIpc) is 2.17. The second-order valence-electron chi connectivity index (χ2n) is 2.77. The molecule has 0 aromatic carbocycles. The fraction of sp³-hybridized carbons (Fsp3) is 0.800. The maximum atomic E-state index is 11.0. The van der Waals surface area contributed by atoms with Crippen molar-refractivity contribution in [3.05, 3.63) is 0 Å². The smallest absolute Gasteiger partial charge is 0.282 e. The lowest BCUT2D eigenvalue weighted by molar-refractivity contribution is 0.227. The number of rotatable bonds is 0. The number of sulfone groups is 1. The van der Waals surface area contributed by atoms with Crippen LogP contribution in [0, 0.1) is 0 Å². The maximum absolute atomic E-state index is 11.0. The van der Waals surface area contributed by atoms with Crippen molar-refractivity contribution in [1.29, 1.82) is 0 Å². The number of amidine groups is 1. The number of nitrogens with zero attached hydrogens (tertiary/aromatic N) is 1. The van der Waals surface area contributed by atoms with Crippen LogP contribution in [0.3, 0.4) is 0 Å². The molecule has 0 spiro atoms. The zero-order valence-electron chi connectivity index (χ0n) is 5.73. The molecule has 0 aromatic heterocycles. The van der Waals surface area contributed by atoms with E-state index in [9.17, 15) is 8.42 Å². The van der Waals surface area contributed by atoms with Crippen molar-refractivity contribution in [1.82, 2.24) is 0 Å². The largest absolute Gasteiger partial charge is 0.459 e. The van der Waals surface area contributed by atoms with Crippen LogP contribution in [-0.2, 0) is 14.6 Å². The second-order valence-corrected chi connectivity index (χ2v) is 4.92. The molecule has 0 aliphatic carbocycles. The Hall–Kier alpha value is -0.780. The van der Waals surface area contributed by atoms with Gasteiger partial charge in [0, 0.05) is 0 Å². The minimum atomic E-state index is -2.92. The number of nitrogens with two attached hydrogens (primary N) is 1. The fourth-order valence-corrected chi connectivity index (χ4v) is 3.12. The van der Waals surface area contributed by atoms with Gasteiger partial charge in [0.05, 0.1) is 11.5 Å². The van der Waals surface area contributed by atoms with Gasteiger partial charge in [0.2, 0.25) is 0 Å². The molecule has 2 N–H and O–H groups in total. The number of aliphatic imine (C=N–C) groups is 1. The van der Waals surface area contributed by atoms with E-state index in [-0.39, 0.29) is 29.7 Å². The first kappa shape index (κ1) is 6.90. The predicted octanol–water partition coefficient (Wildman–Crippen LogP) is -1.50. The van der Waals surface area contributed by atoms with E-state index in [1.54, 1.807) is 0 Å². The Morgan fingerprint density at radius 3 is 2.91 bits per heavy atom. The molecular formula is C5H8N2O3S. The first-order valence-electron chi connectivity index (χ1n) is 3.27. The average molecular weight is 176 g/mol. The minimum Gasteiger partial charge on any atom is -0.459 e. The van der Waals surface area contributed by atoms with Crippen LogP contribution in [0.2, 0.25) is 0 Å². The molecule has 0 radical (unpaired) electrons. The molecule has 0 amide bonds. The van der Waals surface area contributed by atoms with E-state index >= 15 is 0 Å². The second kappa shape index (κ2) is 1.88. The number of hydrogen-bond donors (Lipinski definition) is 1.